The number of carbonyl (C=O) groups is 1. The van der Waals surface area contributed by atoms with Crippen molar-refractivity contribution in [2.24, 2.45) is 0 Å². The van der Waals surface area contributed by atoms with Gasteiger partial charge in [0, 0.05) is 23.1 Å². The molecule has 0 unspecified atom stereocenters. The quantitative estimate of drug-likeness (QED) is 0.843. The van der Waals surface area contributed by atoms with Crippen molar-refractivity contribution in [2.75, 3.05) is 6.61 Å². The summed E-state index contributed by atoms with van der Waals surface area (Å²) in [6, 6.07) is 7.13. The van der Waals surface area contributed by atoms with Gasteiger partial charge in [-0.05, 0) is 23.6 Å². The summed E-state index contributed by atoms with van der Waals surface area (Å²) in [5, 5.41) is 13.5. The first kappa shape index (κ1) is 14.3. The van der Waals surface area contributed by atoms with Crippen LogP contribution in [0.25, 0.3) is 0 Å². The molecule has 0 bridgehead atoms. The molecule has 0 aliphatic carbocycles. The van der Waals surface area contributed by atoms with Gasteiger partial charge in [-0.2, -0.15) is 0 Å². The number of amides is 1. The summed E-state index contributed by atoms with van der Waals surface area (Å²) >= 11 is 1.54. The largest absolute Gasteiger partial charge is 0.395 e. The molecular weight excluding hydrogens is 272 g/mol. The van der Waals surface area contributed by atoms with Gasteiger partial charge in [0.05, 0.1) is 13.2 Å². The number of hydrogen-bond donors (Lipinski definition) is 2. The van der Waals surface area contributed by atoms with Gasteiger partial charge in [0.15, 0.2) is 0 Å². The predicted molar refractivity (Wildman–Crippen MR) is 78.3 cm³/mol. The summed E-state index contributed by atoms with van der Waals surface area (Å²) in [7, 11) is 0. The highest BCUT2D eigenvalue weighted by molar-refractivity contribution is 7.10. The van der Waals surface area contributed by atoms with Crippen LogP contribution in [0, 0.1) is 11.8 Å². The van der Waals surface area contributed by atoms with Gasteiger partial charge in [-0.1, -0.05) is 17.9 Å². The predicted octanol–water partition coefficient (Wildman–Crippen LogP) is 1.81. The number of rotatable bonds is 4. The fraction of sp³-hybridized carbons (Fsp3) is 0.200. The zero-order valence-corrected chi connectivity index (χ0v) is 11.6. The minimum absolute atomic E-state index is 0.0584. The lowest BCUT2D eigenvalue weighted by Gasteiger charge is -2.03. The molecule has 0 aliphatic heterocycles. The van der Waals surface area contributed by atoms with Crippen molar-refractivity contribution >= 4 is 17.2 Å². The molecule has 0 aromatic carbocycles. The van der Waals surface area contributed by atoms with E-state index in [2.05, 4.69) is 22.1 Å². The van der Waals surface area contributed by atoms with Crippen LogP contribution in [0.4, 0.5) is 0 Å². The Balaban J connectivity index is 1.97. The number of hydrogen-bond acceptors (Lipinski definition) is 4. The fourth-order valence-corrected chi connectivity index (χ4v) is 2.32. The van der Waals surface area contributed by atoms with E-state index in [0.717, 1.165) is 10.4 Å². The maximum Gasteiger partial charge on any atom is 0.270 e. The lowest BCUT2D eigenvalue weighted by Crippen LogP contribution is -2.23. The molecule has 2 aromatic heterocycles. The summed E-state index contributed by atoms with van der Waals surface area (Å²) in [6.45, 7) is 0.485. The molecule has 0 spiro atoms. The molecule has 0 radical (unpaired) electrons. The maximum atomic E-state index is 11.9. The Labute approximate surface area is 121 Å². The van der Waals surface area contributed by atoms with Crippen molar-refractivity contribution < 1.29 is 9.90 Å². The Morgan fingerprint density at radius 2 is 2.30 bits per heavy atom. The van der Waals surface area contributed by atoms with Crippen molar-refractivity contribution in [1.29, 1.82) is 0 Å². The smallest absolute Gasteiger partial charge is 0.270 e. The highest BCUT2D eigenvalue weighted by Gasteiger charge is 2.07. The second-order valence-corrected chi connectivity index (χ2v) is 4.93. The maximum absolute atomic E-state index is 11.9. The zero-order chi connectivity index (χ0) is 14.2. The molecule has 4 nitrogen and oxygen atoms in total. The second kappa shape index (κ2) is 7.43. The molecule has 1 amide bonds. The summed E-state index contributed by atoms with van der Waals surface area (Å²) < 4.78 is 0. The molecule has 0 fully saturated rings. The SMILES string of the molecule is O=C(NCc1sccc1C#CCCO)c1ccccn1. The average molecular weight is 286 g/mol. The Morgan fingerprint density at radius 3 is 3.05 bits per heavy atom. The van der Waals surface area contributed by atoms with Crippen molar-refractivity contribution in [3.63, 3.8) is 0 Å². The number of nitrogens with one attached hydrogen (secondary N) is 1. The normalized spacial score (nSPS) is 9.65. The van der Waals surface area contributed by atoms with E-state index in [1.54, 1.807) is 35.7 Å². The van der Waals surface area contributed by atoms with E-state index in [1.807, 2.05) is 11.4 Å². The molecule has 5 heteroatoms. The van der Waals surface area contributed by atoms with Crippen LogP contribution in [0.3, 0.4) is 0 Å². The summed E-state index contributed by atoms with van der Waals surface area (Å²) in [4.78, 5) is 16.9. The third-order valence-corrected chi connectivity index (χ3v) is 3.43. The van der Waals surface area contributed by atoms with E-state index >= 15 is 0 Å². The number of thiophene rings is 1. The molecule has 0 saturated heterocycles. The van der Waals surface area contributed by atoms with Crippen LogP contribution in [-0.4, -0.2) is 22.6 Å². The van der Waals surface area contributed by atoms with Crippen LogP contribution in [0.15, 0.2) is 35.8 Å². The fourth-order valence-electron chi connectivity index (χ4n) is 1.55. The number of aliphatic hydroxyl groups excluding tert-OH is 1. The first-order valence-electron chi connectivity index (χ1n) is 6.16. The summed E-state index contributed by atoms with van der Waals surface area (Å²) in [5.74, 6) is 5.67. The molecule has 0 saturated carbocycles. The van der Waals surface area contributed by atoms with E-state index in [1.165, 1.54) is 0 Å². The Morgan fingerprint density at radius 1 is 1.40 bits per heavy atom. The first-order valence-corrected chi connectivity index (χ1v) is 7.04. The third-order valence-electron chi connectivity index (χ3n) is 2.51. The van der Waals surface area contributed by atoms with Gasteiger partial charge in [0.1, 0.15) is 5.69 Å². The van der Waals surface area contributed by atoms with Crippen LogP contribution in [-0.2, 0) is 6.54 Å². The van der Waals surface area contributed by atoms with Gasteiger partial charge in [-0.15, -0.1) is 11.3 Å². The van der Waals surface area contributed by atoms with Gasteiger partial charge in [0.2, 0.25) is 0 Å². The van der Waals surface area contributed by atoms with Crippen molar-refractivity contribution in [3.05, 3.63) is 52.0 Å². The molecule has 2 rings (SSSR count). The lowest BCUT2D eigenvalue weighted by molar-refractivity contribution is 0.0946. The Hall–Kier alpha value is -2.16. The number of aliphatic hydroxyl groups is 1. The molecule has 2 aromatic rings. The van der Waals surface area contributed by atoms with E-state index in [9.17, 15) is 4.79 Å². The zero-order valence-electron chi connectivity index (χ0n) is 10.8. The highest BCUT2D eigenvalue weighted by atomic mass is 32.1. The third kappa shape index (κ3) is 3.92. The molecule has 0 atom stereocenters. The van der Waals surface area contributed by atoms with Gasteiger partial charge < -0.3 is 10.4 Å². The minimum Gasteiger partial charge on any atom is -0.395 e. The van der Waals surface area contributed by atoms with Crippen LogP contribution >= 0.6 is 11.3 Å². The van der Waals surface area contributed by atoms with Gasteiger partial charge in [-0.3, -0.25) is 9.78 Å². The number of aromatic nitrogens is 1. The van der Waals surface area contributed by atoms with Crippen LogP contribution in [0.2, 0.25) is 0 Å². The number of pyridine rings is 1. The summed E-state index contributed by atoms with van der Waals surface area (Å²) in [6.07, 6.45) is 2.04. The molecule has 2 heterocycles. The van der Waals surface area contributed by atoms with E-state index in [0.29, 0.717) is 18.7 Å². The molecule has 0 aliphatic rings. The van der Waals surface area contributed by atoms with Gasteiger partial charge >= 0.3 is 0 Å². The van der Waals surface area contributed by atoms with Crippen LogP contribution in [0.1, 0.15) is 27.3 Å². The Bertz CT molecular complexity index is 626. The molecular formula is C15H14N2O2S. The van der Waals surface area contributed by atoms with Gasteiger partial charge in [-0.25, -0.2) is 0 Å². The van der Waals surface area contributed by atoms with Gasteiger partial charge in [0.25, 0.3) is 5.91 Å². The average Bonchev–Trinajstić information content (AvgIpc) is 2.93. The van der Waals surface area contributed by atoms with E-state index in [4.69, 9.17) is 5.11 Å². The van der Waals surface area contributed by atoms with Crippen molar-refractivity contribution in [2.45, 2.75) is 13.0 Å². The van der Waals surface area contributed by atoms with E-state index in [-0.39, 0.29) is 12.5 Å². The Kier molecular flexibility index (Phi) is 5.30. The number of nitrogens with zero attached hydrogens (tertiary/aromatic N) is 1. The second-order valence-electron chi connectivity index (χ2n) is 3.93. The van der Waals surface area contributed by atoms with E-state index < -0.39 is 0 Å². The topological polar surface area (TPSA) is 62.2 Å². The van der Waals surface area contributed by atoms with Crippen molar-refractivity contribution in [1.82, 2.24) is 10.3 Å². The molecule has 102 valence electrons. The summed E-state index contributed by atoms with van der Waals surface area (Å²) in [5.41, 5.74) is 1.29. The first-order chi connectivity index (χ1) is 9.81. The number of carbonyl (C=O) groups excluding carboxylic acids is 1. The monoisotopic (exact) mass is 286 g/mol. The lowest BCUT2D eigenvalue weighted by atomic mass is 10.2. The van der Waals surface area contributed by atoms with Crippen molar-refractivity contribution in [3.8, 4) is 11.8 Å². The molecule has 2 N–H and O–H groups in total. The minimum atomic E-state index is -0.201. The van der Waals surface area contributed by atoms with Crippen LogP contribution in [0.5, 0.6) is 0 Å². The highest BCUT2D eigenvalue weighted by Crippen LogP contribution is 2.15. The van der Waals surface area contributed by atoms with Crippen LogP contribution < -0.4 is 5.32 Å². The standard InChI is InChI=1S/C15H14N2O2S/c18-9-4-2-5-12-7-10-20-14(12)11-17-15(19)13-6-1-3-8-16-13/h1,3,6-8,10,18H,4,9,11H2,(H,17,19). The molecule has 20 heavy (non-hydrogen) atoms.